The maximum Gasteiger partial charge on any atom is 0.275 e. The van der Waals surface area contributed by atoms with E-state index >= 15 is 0 Å². The smallest absolute Gasteiger partial charge is 0.275 e. The van der Waals surface area contributed by atoms with Gasteiger partial charge in [0.25, 0.3) is 5.69 Å². The molecule has 0 aliphatic carbocycles. The lowest BCUT2D eigenvalue weighted by atomic mass is 9.91. The number of benzene rings is 1. The van der Waals surface area contributed by atoms with E-state index in [1.54, 1.807) is 12.1 Å². The quantitative estimate of drug-likeness (QED) is 0.634. The first-order chi connectivity index (χ1) is 10.1. The number of anilines is 1. The minimum atomic E-state index is -0.491. The van der Waals surface area contributed by atoms with Crippen molar-refractivity contribution in [1.29, 1.82) is 0 Å². The molecule has 21 heavy (non-hydrogen) atoms. The highest BCUT2D eigenvalue weighted by Gasteiger charge is 2.41. The summed E-state index contributed by atoms with van der Waals surface area (Å²) in [7, 11) is 0. The van der Waals surface area contributed by atoms with Crippen LogP contribution >= 0.6 is 0 Å². The van der Waals surface area contributed by atoms with Gasteiger partial charge in [0.2, 0.25) is 5.91 Å². The van der Waals surface area contributed by atoms with E-state index in [-0.39, 0.29) is 30.2 Å². The number of aliphatic hydroxyl groups is 1. The maximum atomic E-state index is 11.8. The maximum absolute atomic E-state index is 11.8. The van der Waals surface area contributed by atoms with Crippen molar-refractivity contribution in [1.82, 2.24) is 5.32 Å². The Morgan fingerprint density at radius 2 is 2.29 bits per heavy atom. The molecule has 2 fully saturated rings. The Balaban J connectivity index is 1.93. The van der Waals surface area contributed by atoms with Crippen molar-refractivity contribution in [2.24, 2.45) is 5.92 Å². The van der Waals surface area contributed by atoms with Crippen LogP contribution in [0.5, 0.6) is 0 Å². The van der Waals surface area contributed by atoms with Crippen molar-refractivity contribution in [3.63, 3.8) is 0 Å². The van der Waals surface area contributed by atoms with Gasteiger partial charge in [-0.1, -0.05) is 0 Å². The Bertz CT molecular complexity index is 590. The van der Waals surface area contributed by atoms with Gasteiger partial charge in [-0.15, -0.1) is 0 Å². The minimum absolute atomic E-state index is 0.00785. The third kappa shape index (κ3) is 2.33. The molecule has 2 aliphatic rings. The van der Waals surface area contributed by atoms with Gasteiger partial charge < -0.3 is 15.3 Å². The van der Waals surface area contributed by atoms with Crippen LogP contribution in [0.3, 0.4) is 0 Å². The third-order valence-corrected chi connectivity index (χ3v) is 4.36. The molecule has 2 atom stereocenters. The van der Waals surface area contributed by atoms with E-state index in [1.807, 2.05) is 0 Å². The zero-order chi connectivity index (χ0) is 15.0. The first-order valence-electron chi connectivity index (χ1n) is 7.04. The second kappa shape index (κ2) is 5.33. The standard InChI is InChI=1S/C14H17N3O4/c18-8-9-6-10(3-4-12(9)17(20)21)16-5-1-2-11-13(16)7-15-14(11)19/h3-4,6,11,13,18H,1-2,5,7-8H2,(H,15,19). The zero-order valence-corrected chi connectivity index (χ0v) is 11.5. The van der Waals surface area contributed by atoms with E-state index in [2.05, 4.69) is 10.2 Å². The SMILES string of the molecule is O=C1NCC2C1CCCN2c1ccc([N+](=O)[O-])c(CO)c1. The summed E-state index contributed by atoms with van der Waals surface area (Å²) in [6.45, 7) is 1.05. The predicted molar refractivity (Wildman–Crippen MR) is 75.9 cm³/mol. The van der Waals surface area contributed by atoms with Crippen molar-refractivity contribution < 1.29 is 14.8 Å². The number of piperidine rings is 1. The van der Waals surface area contributed by atoms with Gasteiger partial charge in [-0.25, -0.2) is 0 Å². The first-order valence-corrected chi connectivity index (χ1v) is 7.04. The van der Waals surface area contributed by atoms with Gasteiger partial charge >= 0.3 is 0 Å². The second-order valence-corrected chi connectivity index (χ2v) is 5.48. The summed E-state index contributed by atoms with van der Waals surface area (Å²) >= 11 is 0. The molecule has 7 heteroatoms. The van der Waals surface area contributed by atoms with E-state index in [1.165, 1.54) is 6.07 Å². The van der Waals surface area contributed by atoms with Gasteiger partial charge in [-0.2, -0.15) is 0 Å². The highest BCUT2D eigenvalue weighted by Crippen LogP contribution is 2.33. The van der Waals surface area contributed by atoms with Crippen LogP contribution in [-0.4, -0.2) is 35.1 Å². The number of nitro groups is 1. The van der Waals surface area contributed by atoms with Gasteiger partial charge in [0.05, 0.1) is 29.1 Å². The molecule has 7 nitrogen and oxygen atoms in total. The number of rotatable bonds is 3. The van der Waals surface area contributed by atoms with E-state index in [9.17, 15) is 20.0 Å². The average molecular weight is 291 g/mol. The summed E-state index contributed by atoms with van der Waals surface area (Å²) in [5, 5.41) is 23.1. The fourth-order valence-electron chi connectivity index (χ4n) is 3.33. The molecule has 1 aromatic carbocycles. The Morgan fingerprint density at radius 1 is 1.48 bits per heavy atom. The molecule has 2 aliphatic heterocycles. The number of carbonyl (C=O) groups is 1. The van der Waals surface area contributed by atoms with Crippen LogP contribution in [0.4, 0.5) is 11.4 Å². The van der Waals surface area contributed by atoms with Gasteiger partial charge in [-0.05, 0) is 25.0 Å². The van der Waals surface area contributed by atoms with Crippen LogP contribution in [0.25, 0.3) is 0 Å². The third-order valence-electron chi connectivity index (χ3n) is 4.36. The summed E-state index contributed by atoms with van der Waals surface area (Å²) in [5.74, 6) is 0.0838. The Kier molecular flexibility index (Phi) is 3.50. The molecule has 0 aromatic heterocycles. The van der Waals surface area contributed by atoms with Crippen LogP contribution < -0.4 is 10.2 Å². The summed E-state index contributed by atoms with van der Waals surface area (Å²) in [6.07, 6.45) is 1.80. The molecule has 2 unspecified atom stereocenters. The first kappa shape index (κ1) is 13.8. The molecule has 2 N–H and O–H groups in total. The number of amides is 1. The molecule has 2 saturated heterocycles. The molecule has 112 valence electrons. The lowest BCUT2D eigenvalue weighted by molar-refractivity contribution is -0.385. The monoisotopic (exact) mass is 291 g/mol. The molecule has 3 rings (SSSR count). The number of nitrogens with zero attached hydrogens (tertiary/aromatic N) is 2. The topological polar surface area (TPSA) is 95.7 Å². The lowest BCUT2D eigenvalue weighted by Crippen LogP contribution is -2.45. The van der Waals surface area contributed by atoms with E-state index in [0.717, 1.165) is 25.1 Å². The molecule has 1 amide bonds. The molecule has 0 spiro atoms. The largest absolute Gasteiger partial charge is 0.391 e. The van der Waals surface area contributed by atoms with Crippen LogP contribution in [0, 0.1) is 16.0 Å². The van der Waals surface area contributed by atoms with Crippen LogP contribution in [0.1, 0.15) is 18.4 Å². The van der Waals surface area contributed by atoms with Crippen LogP contribution in [0.15, 0.2) is 18.2 Å². The number of nitro benzene ring substituents is 1. The molecule has 0 saturated carbocycles. The summed E-state index contributed by atoms with van der Waals surface area (Å²) in [6, 6.07) is 4.87. The summed E-state index contributed by atoms with van der Waals surface area (Å²) < 4.78 is 0. The van der Waals surface area contributed by atoms with Gasteiger partial charge in [0.15, 0.2) is 0 Å². The number of hydrogen-bond acceptors (Lipinski definition) is 5. The Morgan fingerprint density at radius 3 is 3.00 bits per heavy atom. The molecule has 1 aromatic rings. The number of carbonyl (C=O) groups excluding carboxylic acids is 1. The van der Waals surface area contributed by atoms with Gasteiger partial charge in [0, 0.05) is 24.8 Å². The minimum Gasteiger partial charge on any atom is -0.391 e. The van der Waals surface area contributed by atoms with Gasteiger partial charge in [0.1, 0.15) is 0 Å². The second-order valence-electron chi connectivity index (χ2n) is 5.48. The summed E-state index contributed by atoms with van der Waals surface area (Å²) in [5.41, 5.74) is 1.06. The van der Waals surface area contributed by atoms with Crippen LogP contribution in [-0.2, 0) is 11.4 Å². The highest BCUT2D eigenvalue weighted by atomic mass is 16.6. The van der Waals surface area contributed by atoms with Crippen molar-refractivity contribution in [2.75, 3.05) is 18.0 Å². The number of nitrogens with one attached hydrogen (secondary N) is 1. The van der Waals surface area contributed by atoms with E-state index in [4.69, 9.17) is 0 Å². The average Bonchev–Trinajstić information content (AvgIpc) is 2.88. The fourth-order valence-corrected chi connectivity index (χ4v) is 3.33. The number of fused-ring (bicyclic) bond motifs is 1. The fraction of sp³-hybridized carbons (Fsp3) is 0.500. The molecular weight excluding hydrogens is 274 g/mol. The van der Waals surface area contributed by atoms with Crippen molar-refractivity contribution in [2.45, 2.75) is 25.5 Å². The molecular formula is C14H17N3O4. The lowest BCUT2D eigenvalue weighted by Gasteiger charge is -2.37. The van der Waals surface area contributed by atoms with Crippen LogP contribution in [0.2, 0.25) is 0 Å². The van der Waals surface area contributed by atoms with Crippen molar-refractivity contribution >= 4 is 17.3 Å². The Hall–Kier alpha value is -2.15. The predicted octanol–water partition coefficient (Wildman–Crippen LogP) is 0.802. The number of aliphatic hydroxyl groups excluding tert-OH is 1. The van der Waals surface area contributed by atoms with Crippen molar-refractivity contribution in [3.8, 4) is 0 Å². The molecule has 0 radical (unpaired) electrons. The molecule has 0 bridgehead atoms. The van der Waals surface area contributed by atoms with E-state index < -0.39 is 4.92 Å². The normalized spacial score (nSPS) is 24.6. The number of hydrogen-bond donors (Lipinski definition) is 2. The summed E-state index contributed by atoms with van der Waals surface area (Å²) in [4.78, 5) is 24.3. The van der Waals surface area contributed by atoms with Gasteiger partial charge in [-0.3, -0.25) is 14.9 Å². The highest BCUT2D eigenvalue weighted by molar-refractivity contribution is 5.83. The van der Waals surface area contributed by atoms with Crippen molar-refractivity contribution in [3.05, 3.63) is 33.9 Å². The molecule has 2 heterocycles. The van der Waals surface area contributed by atoms with E-state index in [0.29, 0.717) is 12.1 Å². The Labute approximate surface area is 121 Å². The zero-order valence-electron chi connectivity index (χ0n) is 11.5.